The summed E-state index contributed by atoms with van der Waals surface area (Å²) >= 11 is 0. The van der Waals surface area contributed by atoms with Crippen LogP contribution in [-0.4, -0.2) is 13.1 Å². The fourth-order valence-electron chi connectivity index (χ4n) is 7.84. The monoisotopic (exact) mass is 690 g/mol. The Morgan fingerprint density at radius 2 is 0.286 bits per heavy atom. The first kappa shape index (κ1) is 49.0. The van der Waals surface area contributed by atoms with Gasteiger partial charge in [0, 0.05) is 0 Å². The molecular weight excluding hydrogens is 591 g/mol. The van der Waals surface area contributed by atoms with Crippen LogP contribution >= 0.6 is 0 Å². The van der Waals surface area contributed by atoms with Gasteiger partial charge in [-0.1, -0.05) is 284 Å². The molecule has 0 saturated heterocycles. The van der Waals surface area contributed by atoms with Gasteiger partial charge >= 0.3 is 0 Å². The van der Waals surface area contributed by atoms with Gasteiger partial charge in [-0.25, -0.2) is 0 Å². The van der Waals surface area contributed by atoms with Crippen molar-refractivity contribution in [3.63, 3.8) is 0 Å². The Kier molecular flexibility index (Phi) is 47.9. The maximum Gasteiger partial charge on any atom is -0.00489 e. The average Bonchev–Trinajstić information content (AvgIpc) is 3.11. The third-order valence-corrected chi connectivity index (χ3v) is 11.4. The van der Waals surface area contributed by atoms with Crippen molar-refractivity contribution in [2.45, 2.75) is 296 Å². The summed E-state index contributed by atoms with van der Waals surface area (Å²) in [6, 6.07) is 0. The molecule has 0 aliphatic heterocycles. The fraction of sp³-hybridized carbons (Fsp3) is 1.00. The Bertz CT molecular complexity index is 483. The number of hydrogen-bond acceptors (Lipinski definition) is 1. The van der Waals surface area contributed by atoms with E-state index in [1.807, 2.05) is 0 Å². The molecule has 0 saturated carbocycles. The fourth-order valence-corrected chi connectivity index (χ4v) is 7.84. The molecule has 1 heteroatoms. The Morgan fingerprint density at radius 1 is 0.163 bits per heavy atom. The lowest BCUT2D eigenvalue weighted by molar-refractivity contribution is 0.510. The minimum atomic E-state index is 1.25. The van der Waals surface area contributed by atoms with Crippen molar-refractivity contribution >= 4 is 0 Å². The van der Waals surface area contributed by atoms with E-state index in [2.05, 4.69) is 19.2 Å². The van der Waals surface area contributed by atoms with Crippen LogP contribution in [-0.2, 0) is 0 Å². The van der Waals surface area contributed by atoms with Crippen LogP contribution in [0, 0.1) is 0 Å². The molecule has 0 atom stereocenters. The summed E-state index contributed by atoms with van der Waals surface area (Å²) in [6.07, 6.45) is 64.7. The van der Waals surface area contributed by atoms with Crippen molar-refractivity contribution in [3.05, 3.63) is 0 Å². The number of unbranched alkanes of at least 4 members (excludes halogenated alkanes) is 42. The van der Waals surface area contributed by atoms with Gasteiger partial charge in [0.1, 0.15) is 0 Å². The van der Waals surface area contributed by atoms with E-state index < -0.39 is 0 Å². The van der Waals surface area contributed by atoms with Crippen LogP contribution in [0.3, 0.4) is 0 Å². The van der Waals surface area contributed by atoms with Crippen molar-refractivity contribution in [1.29, 1.82) is 0 Å². The molecule has 0 aromatic carbocycles. The summed E-state index contributed by atoms with van der Waals surface area (Å²) in [5.74, 6) is 0. The quantitative estimate of drug-likeness (QED) is 0.0627. The van der Waals surface area contributed by atoms with Gasteiger partial charge in [0.05, 0.1) is 0 Å². The Balaban J connectivity index is 3.04. The Hall–Kier alpha value is -0.0400. The molecule has 0 unspecified atom stereocenters. The smallest absolute Gasteiger partial charge is 0.00489 e. The second-order valence-corrected chi connectivity index (χ2v) is 16.6. The first-order valence-electron chi connectivity index (χ1n) is 24.1. The largest absolute Gasteiger partial charge is 0.317 e. The molecule has 49 heavy (non-hydrogen) atoms. The van der Waals surface area contributed by atoms with Crippen molar-refractivity contribution in [3.8, 4) is 0 Å². The van der Waals surface area contributed by atoms with Gasteiger partial charge in [0.15, 0.2) is 0 Å². The number of hydrogen-bond donors (Lipinski definition) is 1. The van der Waals surface area contributed by atoms with Crippen LogP contribution in [0.4, 0.5) is 0 Å². The summed E-state index contributed by atoms with van der Waals surface area (Å²) in [7, 11) is 0. The molecule has 296 valence electrons. The maximum absolute atomic E-state index is 3.69. The van der Waals surface area contributed by atoms with E-state index in [0.717, 1.165) is 0 Å². The van der Waals surface area contributed by atoms with Gasteiger partial charge < -0.3 is 5.32 Å². The molecule has 0 aromatic heterocycles. The topological polar surface area (TPSA) is 12.0 Å². The third-order valence-electron chi connectivity index (χ3n) is 11.4. The zero-order chi connectivity index (χ0) is 35.2. The van der Waals surface area contributed by atoms with Gasteiger partial charge in [0.2, 0.25) is 0 Å². The highest BCUT2D eigenvalue weighted by Crippen LogP contribution is 2.17. The molecule has 0 spiro atoms. The summed E-state index contributed by atoms with van der Waals surface area (Å²) in [6.45, 7) is 7.11. The zero-order valence-electron chi connectivity index (χ0n) is 35.0. The van der Waals surface area contributed by atoms with Gasteiger partial charge in [-0.2, -0.15) is 0 Å². The lowest BCUT2D eigenvalue weighted by atomic mass is 10.0. The lowest BCUT2D eigenvalue weighted by Crippen LogP contribution is -2.16. The number of nitrogens with one attached hydrogen (secondary N) is 1. The summed E-state index contributed by atoms with van der Waals surface area (Å²) in [4.78, 5) is 0. The van der Waals surface area contributed by atoms with Gasteiger partial charge in [-0.05, 0) is 25.9 Å². The molecule has 0 fully saturated rings. The minimum Gasteiger partial charge on any atom is -0.317 e. The summed E-state index contributed by atoms with van der Waals surface area (Å²) < 4.78 is 0. The second kappa shape index (κ2) is 48.0. The molecule has 0 rings (SSSR count). The molecule has 1 N–H and O–H groups in total. The molecule has 0 aromatic rings. The van der Waals surface area contributed by atoms with Crippen LogP contribution < -0.4 is 5.32 Å². The number of rotatable bonds is 46. The van der Waals surface area contributed by atoms with Crippen molar-refractivity contribution < 1.29 is 0 Å². The van der Waals surface area contributed by atoms with Crippen LogP contribution in [0.25, 0.3) is 0 Å². The Labute approximate surface area is 313 Å². The van der Waals surface area contributed by atoms with E-state index in [1.165, 1.54) is 296 Å². The molecule has 0 heterocycles. The second-order valence-electron chi connectivity index (χ2n) is 16.6. The van der Waals surface area contributed by atoms with E-state index in [9.17, 15) is 0 Å². The van der Waals surface area contributed by atoms with E-state index in [1.54, 1.807) is 0 Å². The maximum atomic E-state index is 3.69. The van der Waals surface area contributed by atoms with E-state index in [4.69, 9.17) is 0 Å². The van der Waals surface area contributed by atoms with Crippen LogP contribution in [0.15, 0.2) is 0 Å². The van der Waals surface area contributed by atoms with Gasteiger partial charge in [-0.15, -0.1) is 0 Å². The summed E-state index contributed by atoms with van der Waals surface area (Å²) in [5.41, 5.74) is 0. The molecule has 0 aliphatic carbocycles. The molecular formula is C48H99N. The van der Waals surface area contributed by atoms with Crippen molar-refractivity contribution in [2.24, 2.45) is 0 Å². The van der Waals surface area contributed by atoms with E-state index >= 15 is 0 Å². The Morgan fingerprint density at radius 3 is 0.429 bits per heavy atom. The highest BCUT2D eigenvalue weighted by Gasteiger charge is 1.98. The van der Waals surface area contributed by atoms with Crippen LogP contribution in [0.1, 0.15) is 296 Å². The first-order valence-corrected chi connectivity index (χ1v) is 24.1. The highest BCUT2D eigenvalue weighted by atomic mass is 14.8. The van der Waals surface area contributed by atoms with Gasteiger partial charge in [-0.3, -0.25) is 0 Å². The SMILES string of the molecule is CCCCCCCCCCCCCCCCCCCCCCCCCCCCCCCCCCCNCCCCCCCCCCCCC. The lowest BCUT2D eigenvalue weighted by Gasteiger charge is -2.06. The van der Waals surface area contributed by atoms with Crippen LogP contribution in [0.2, 0.25) is 0 Å². The molecule has 0 radical (unpaired) electrons. The van der Waals surface area contributed by atoms with Crippen molar-refractivity contribution in [2.75, 3.05) is 13.1 Å². The minimum absolute atomic E-state index is 1.25. The predicted molar refractivity (Wildman–Crippen MR) is 227 cm³/mol. The molecule has 0 amide bonds. The normalized spacial score (nSPS) is 11.6. The standard InChI is InChI=1S/C48H99N/c1-3-5-7-9-11-13-15-16-17-18-19-20-21-22-23-24-25-26-27-28-29-30-31-32-33-34-35-36-38-40-42-44-46-48-49-47-45-43-41-39-37-14-12-10-8-6-4-2/h49H,3-48H2,1-2H3. The molecule has 0 bridgehead atoms. The predicted octanol–water partition coefficient (Wildman–Crippen LogP) is 17.8. The van der Waals surface area contributed by atoms with Crippen molar-refractivity contribution in [1.82, 2.24) is 5.32 Å². The van der Waals surface area contributed by atoms with Gasteiger partial charge in [0.25, 0.3) is 0 Å². The zero-order valence-corrected chi connectivity index (χ0v) is 35.0. The first-order chi connectivity index (χ1) is 24.4. The van der Waals surface area contributed by atoms with Crippen LogP contribution in [0.5, 0.6) is 0 Å². The van der Waals surface area contributed by atoms with E-state index in [0.29, 0.717) is 0 Å². The average molecular weight is 690 g/mol. The third kappa shape index (κ3) is 48.0. The molecule has 0 aliphatic rings. The summed E-state index contributed by atoms with van der Waals surface area (Å²) in [5, 5.41) is 3.69. The van der Waals surface area contributed by atoms with E-state index in [-0.39, 0.29) is 0 Å². The highest BCUT2D eigenvalue weighted by molar-refractivity contribution is 4.55. The molecule has 1 nitrogen and oxygen atoms in total.